The van der Waals surface area contributed by atoms with E-state index in [1.54, 1.807) is 28.8 Å². The van der Waals surface area contributed by atoms with Gasteiger partial charge in [-0.25, -0.2) is 0 Å². The second-order valence-electron chi connectivity index (χ2n) is 5.53. The third-order valence-corrected chi connectivity index (χ3v) is 5.07. The summed E-state index contributed by atoms with van der Waals surface area (Å²) >= 11 is 1.67. The zero-order valence-electron chi connectivity index (χ0n) is 13.3. The molecule has 0 spiro atoms. The van der Waals surface area contributed by atoms with Crippen LogP contribution in [0.3, 0.4) is 0 Å². The van der Waals surface area contributed by atoms with Crippen molar-refractivity contribution >= 4 is 23.6 Å². The number of carboxylic acid groups (broad SMARTS) is 1. The van der Waals surface area contributed by atoms with Gasteiger partial charge in [0, 0.05) is 23.6 Å². The summed E-state index contributed by atoms with van der Waals surface area (Å²) in [5, 5.41) is 9.07. The molecule has 1 N–H and O–H groups in total. The van der Waals surface area contributed by atoms with Crippen LogP contribution < -0.4 is 14.2 Å². The van der Waals surface area contributed by atoms with Gasteiger partial charge >= 0.3 is 5.97 Å². The quantitative estimate of drug-likeness (QED) is 0.878. The van der Waals surface area contributed by atoms with E-state index in [2.05, 4.69) is 0 Å². The fourth-order valence-electron chi connectivity index (χ4n) is 2.86. The summed E-state index contributed by atoms with van der Waals surface area (Å²) in [5.41, 5.74) is 0.415. The Hall–Kier alpha value is -2.09. The Labute approximate surface area is 143 Å². The van der Waals surface area contributed by atoms with Crippen LogP contribution in [0.5, 0.6) is 17.2 Å². The fourth-order valence-corrected chi connectivity index (χ4v) is 3.92. The van der Waals surface area contributed by atoms with Gasteiger partial charge in [-0.3, -0.25) is 9.59 Å². The molecule has 24 heavy (non-hydrogen) atoms. The molecule has 1 amide bonds. The lowest BCUT2D eigenvalue weighted by Crippen LogP contribution is -2.47. The number of benzene rings is 1. The van der Waals surface area contributed by atoms with Crippen molar-refractivity contribution in [1.82, 2.24) is 4.90 Å². The first-order valence-corrected chi connectivity index (χ1v) is 8.83. The second-order valence-corrected chi connectivity index (χ2v) is 6.68. The van der Waals surface area contributed by atoms with E-state index in [1.807, 2.05) is 0 Å². The summed E-state index contributed by atoms with van der Waals surface area (Å²) in [6, 6.07) is 2.95. The summed E-state index contributed by atoms with van der Waals surface area (Å²) in [5.74, 6) is 1.72. The van der Waals surface area contributed by atoms with E-state index < -0.39 is 5.97 Å². The van der Waals surface area contributed by atoms with Gasteiger partial charge in [-0.1, -0.05) is 0 Å². The van der Waals surface area contributed by atoms with Crippen LogP contribution in [0.15, 0.2) is 12.1 Å². The number of hydrogen-bond donors (Lipinski definition) is 1. The van der Waals surface area contributed by atoms with Crippen LogP contribution in [-0.2, 0) is 4.79 Å². The van der Waals surface area contributed by atoms with Crippen LogP contribution in [0.2, 0.25) is 0 Å². The number of carboxylic acids is 1. The average Bonchev–Trinajstić information content (AvgIpc) is 2.60. The highest BCUT2D eigenvalue weighted by atomic mass is 32.2. The number of hydrogen-bond acceptors (Lipinski definition) is 6. The standard InChI is InChI=1S/C16H19NO6S/c1-21-12-6-10(7-13-15(12)23-4-3-22-13)16(20)17-2-5-24-9-11(17)8-14(18)19/h6-7,11H,2-5,8-9H2,1H3,(H,18,19). The Morgan fingerprint density at radius 2 is 2.17 bits per heavy atom. The van der Waals surface area contributed by atoms with Gasteiger partial charge < -0.3 is 24.2 Å². The zero-order valence-corrected chi connectivity index (χ0v) is 14.1. The largest absolute Gasteiger partial charge is 0.493 e. The number of carbonyl (C=O) groups is 2. The van der Waals surface area contributed by atoms with Crippen LogP contribution in [0.4, 0.5) is 0 Å². The molecular formula is C16H19NO6S. The summed E-state index contributed by atoms with van der Waals surface area (Å²) in [4.78, 5) is 25.6. The maximum Gasteiger partial charge on any atom is 0.305 e. The molecule has 0 radical (unpaired) electrons. The molecule has 1 saturated heterocycles. The predicted octanol–water partition coefficient (Wildman–Crippen LogP) is 1.50. The molecule has 1 unspecified atom stereocenters. The van der Waals surface area contributed by atoms with Crippen molar-refractivity contribution < 1.29 is 28.9 Å². The van der Waals surface area contributed by atoms with Gasteiger partial charge in [0.15, 0.2) is 11.5 Å². The number of carbonyl (C=O) groups excluding carboxylic acids is 1. The number of ether oxygens (including phenoxy) is 3. The Bertz CT molecular complexity index is 632. The molecule has 2 aliphatic heterocycles. The highest BCUT2D eigenvalue weighted by Gasteiger charge is 2.31. The number of nitrogens with zero attached hydrogens (tertiary/aromatic N) is 1. The van der Waals surface area contributed by atoms with Gasteiger partial charge in [0.1, 0.15) is 13.2 Å². The second kappa shape index (κ2) is 7.21. The van der Waals surface area contributed by atoms with Crippen molar-refractivity contribution in [3.8, 4) is 17.2 Å². The van der Waals surface area contributed by atoms with E-state index in [0.29, 0.717) is 48.3 Å². The molecule has 1 fully saturated rings. The van der Waals surface area contributed by atoms with E-state index in [9.17, 15) is 9.59 Å². The molecular weight excluding hydrogens is 334 g/mol. The topological polar surface area (TPSA) is 85.3 Å². The summed E-state index contributed by atoms with van der Waals surface area (Å²) < 4.78 is 16.4. The monoisotopic (exact) mass is 353 g/mol. The SMILES string of the molecule is COc1cc(C(=O)N2CCSCC2CC(=O)O)cc2c1OCCO2. The highest BCUT2D eigenvalue weighted by Crippen LogP contribution is 2.40. The molecule has 1 aromatic rings. The van der Waals surface area contributed by atoms with E-state index in [-0.39, 0.29) is 18.4 Å². The Kier molecular flexibility index (Phi) is 5.03. The zero-order chi connectivity index (χ0) is 17.1. The molecule has 0 saturated carbocycles. The van der Waals surface area contributed by atoms with Crippen molar-refractivity contribution in [3.05, 3.63) is 17.7 Å². The number of aliphatic carboxylic acids is 1. The first kappa shape index (κ1) is 16.8. The lowest BCUT2D eigenvalue weighted by Gasteiger charge is -2.35. The van der Waals surface area contributed by atoms with Gasteiger partial charge in [-0.15, -0.1) is 0 Å². The minimum Gasteiger partial charge on any atom is -0.493 e. The van der Waals surface area contributed by atoms with Gasteiger partial charge in [-0.05, 0) is 12.1 Å². The van der Waals surface area contributed by atoms with Crippen molar-refractivity contribution in [1.29, 1.82) is 0 Å². The van der Waals surface area contributed by atoms with E-state index in [1.165, 1.54) is 7.11 Å². The maximum atomic E-state index is 12.9. The van der Waals surface area contributed by atoms with Crippen LogP contribution in [0.25, 0.3) is 0 Å². The summed E-state index contributed by atoms with van der Waals surface area (Å²) in [7, 11) is 1.51. The van der Waals surface area contributed by atoms with Gasteiger partial charge in [0.2, 0.25) is 5.75 Å². The highest BCUT2D eigenvalue weighted by molar-refractivity contribution is 7.99. The maximum absolute atomic E-state index is 12.9. The van der Waals surface area contributed by atoms with E-state index in [4.69, 9.17) is 19.3 Å². The Morgan fingerprint density at radius 3 is 2.92 bits per heavy atom. The molecule has 3 rings (SSSR count). The summed E-state index contributed by atoms with van der Waals surface area (Å²) in [6.07, 6.45) is -0.0551. The first-order valence-electron chi connectivity index (χ1n) is 7.68. The van der Waals surface area contributed by atoms with Crippen molar-refractivity contribution in [2.24, 2.45) is 0 Å². The lowest BCUT2D eigenvalue weighted by molar-refractivity contribution is -0.138. The molecule has 7 nitrogen and oxygen atoms in total. The molecule has 1 atom stereocenters. The third-order valence-electron chi connectivity index (χ3n) is 3.97. The van der Waals surface area contributed by atoms with Crippen molar-refractivity contribution in [3.63, 3.8) is 0 Å². The van der Waals surface area contributed by atoms with Crippen molar-refractivity contribution in [2.75, 3.05) is 38.4 Å². The van der Waals surface area contributed by atoms with Crippen LogP contribution in [0.1, 0.15) is 16.8 Å². The number of thioether (sulfide) groups is 1. The van der Waals surface area contributed by atoms with Crippen LogP contribution >= 0.6 is 11.8 Å². The minimum atomic E-state index is -0.903. The fraction of sp³-hybridized carbons (Fsp3) is 0.500. The minimum absolute atomic E-state index is 0.0551. The molecule has 0 aromatic heterocycles. The number of fused-ring (bicyclic) bond motifs is 1. The Morgan fingerprint density at radius 1 is 1.38 bits per heavy atom. The molecule has 2 heterocycles. The molecule has 0 aliphatic carbocycles. The first-order chi connectivity index (χ1) is 11.6. The average molecular weight is 353 g/mol. The molecule has 130 valence electrons. The van der Waals surface area contributed by atoms with Crippen LogP contribution in [-0.4, -0.2) is 66.3 Å². The van der Waals surface area contributed by atoms with Gasteiger partial charge in [0.05, 0.1) is 19.6 Å². The number of rotatable bonds is 4. The summed E-state index contributed by atoms with van der Waals surface area (Å²) in [6.45, 7) is 1.37. The van der Waals surface area contributed by atoms with Gasteiger partial charge in [-0.2, -0.15) is 11.8 Å². The molecule has 2 aliphatic rings. The van der Waals surface area contributed by atoms with Crippen molar-refractivity contribution in [2.45, 2.75) is 12.5 Å². The predicted molar refractivity (Wildman–Crippen MR) is 88.4 cm³/mol. The van der Waals surface area contributed by atoms with Crippen LogP contribution in [0, 0.1) is 0 Å². The number of methoxy groups -OCH3 is 1. The lowest BCUT2D eigenvalue weighted by atomic mass is 10.1. The normalized spacial score (nSPS) is 19.7. The third kappa shape index (κ3) is 3.38. The van der Waals surface area contributed by atoms with E-state index in [0.717, 1.165) is 5.75 Å². The molecule has 0 bridgehead atoms. The Balaban J connectivity index is 1.89. The van der Waals surface area contributed by atoms with Gasteiger partial charge in [0.25, 0.3) is 5.91 Å². The smallest absolute Gasteiger partial charge is 0.305 e. The number of amides is 1. The molecule has 1 aromatic carbocycles. The molecule has 8 heteroatoms. The van der Waals surface area contributed by atoms with E-state index >= 15 is 0 Å².